The Balaban J connectivity index is 1.81. The van der Waals surface area contributed by atoms with Crippen molar-refractivity contribution in [1.82, 2.24) is 15.1 Å². The molecule has 27 heavy (non-hydrogen) atoms. The number of nitrogens with one attached hydrogen (secondary N) is 1. The summed E-state index contributed by atoms with van der Waals surface area (Å²) in [5.74, 6) is 0.890. The third-order valence-electron chi connectivity index (χ3n) is 4.15. The molecule has 7 nitrogen and oxygen atoms in total. The minimum Gasteiger partial charge on any atom is -0.497 e. The van der Waals surface area contributed by atoms with Crippen LogP contribution in [0.4, 0.5) is 4.39 Å². The van der Waals surface area contributed by atoms with E-state index in [0.717, 1.165) is 0 Å². The van der Waals surface area contributed by atoms with Crippen LogP contribution in [0.2, 0.25) is 0 Å². The zero-order valence-electron chi connectivity index (χ0n) is 14.4. The minimum atomic E-state index is -0.501. The summed E-state index contributed by atoms with van der Waals surface area (Å²) in [6.07, 6.45) is 1.46. The summed E-state index contributed by atoms with van der Waals surface area (Å²) in [7, 11) is 3.07. The summed E-state index contributed by atoms with van der Waals surface area (Å²) in [4.78, 5) is 19.9. The first-order valence-electron chi connectivity index (χ1n) is 7.98. The Morgan fingerprint density at radius 3 is 2.70 bits per heavy atom. The zero-order chi connectivity index (χ0) is 19.0. The number of aromatic amines is 1. The largest absolute Gasteiger partial charge is 0.497 e. The lowest BCUT2D eigenvalue weighted by Gasteiger charge is -2.07. The third kappa shape index (κ3) is 2.91. The molecule has 0 amide bonds. The highest BCUT2D eigenvalue weighted by Crippen LogP contribution is 2.32. The topological polar surface area (TPSA) is 90.2 Å². The Hall–Kier alpha value is -3.68. The van der Waals surface area contributed by atoms with Crippen LogP contribution in [0.1, 0.15) is 0 Å². The van der Waals surface area contributed by atoms with Gasteiger partial charge in [0.05, 0.1) is 19.8 Å². The van der Waals surface area contributed by atoms with Gasteiger partial charge in [-0.2, -0.15) is 4.98 Å². The number of ether oxygens (including phenoxy) is 2. The molecule has 0 bridgehead atoms. The fourth-order valence-corrected chi connectivity index (χ4v) is 2.78. The molecule has 2 aromatic heterocycles. The highest BCUT2D eigenvalue weighted by Gasteiger charge is 2.18. The Bertz CT molecular complexity index is 1200. The van der Waals surface area contributed by atoms with E-state index in [-0.39, 0.29) is 22.7 Å². The lowest BCUT2D eigenvalue weighted by Crippen LogP contribution is -2.06. The smallest absolute Gasteiger partial charge is 0.263 e. The maximum atomic E-state index is 13.5. The number of aromatic nitrogens is 3. The van der Waals surface area contributed by atoms with E-state index in [4.69, 9.17) is 14.0 Å². The van der Waals surface area contributed by atoms with Crippen molar-refractivity contribution in [1.29, 1.82) is 0 Å². The molecule has 0 unspecified atom stereocenters. The molecule has 4 rings (SSSR count). The van der Waals surface area contributed by atoms with Gasteiger partial charge in [-0.15, -0.1) is 0 Å². The van der Waals surface area contributed by atoms with Gasteiger partial charge in [0.1, 0.15) is 22.9 Å². The summed E-state index contributed by atoms with van der Waals surface area (Å²) in [6, 6.07) is 9.10. The van der Waals surface area contributed by atoms with Gasteiger partial charge in [0.15, 0.2) is 0 Å². The fourth-order valence-electron chi connectivity index (χ4n) is 2.78. The molecule has 0 aliphatic heterocycles. The molecule has 0 aliphatic carbocycles. The van der Waals surface area contributed by atoms with Gasteiger partial charge in [-0.3, -0.25) is 4.79 Å². The number of rotatable bonds is 4. The predicted octanol–water partition coefficient (Wildman–Crippen LogP) is 3.40. The van der Waals surface area contributed by atoms with Gasteiger partial charge in [-0.05, 0) is 30.3 Å². The van der Waals surface area contributed by atoms with Crippen molar-refractivity contribution in [3.05, 3.63) is 58.6 Å². The molecular formula is C19H14FN3O4. The second-order valence-electron chi connectivity index (χ2n) is 5.71. The maximum Gasteiger partial charge on any atom is 0.263 e. The molecule has 1 N–H and O–H groups in total. The summed E-state index contributed by atoms with van der Waals surface area (Å²) in [5, 5.41) is 4.13. The van der Waals surface area contributed by atoms with Crippen LogP contribution in [0.5, 0.6) is 11.5 Å². The van der Waals surface area contributed by atoms with E-state index < -0.39 is 11.2 Å². The molecule has 0 fully saturated rings. The highest BCUT2D eigenvalue weighted by molar-refractivity contribution is 5.82. The van der Waals surface area contributed by atoms with Crippen LogP contribution in [0.25, 0.3) is 33.7 Å². The van der Waals surface area contributed by atoms with Gasteiger partial charge in [-0.1, -0.05) is 5.16 Å². The van der Waals surface area contributed by atoms with Gasteiger partial charge >= 0.3 is 0 Å². The lowest BCUT2D eigenvalue weighted by atomic mass is 10.1. The zero-order valence-corrected chi connectivity index (χ0v) is 14.4. The monoisotopic (exact) mass is 367 g/mol. The van der Waals surface area contributed by atoms with Crippen LogP contribution >= 0.6 is 0 Å². The van der Waals surface area contributed by atoms with Crippen molar-refractivity contribution >= 4 is 10.9 Å². The molecule has 136 valence electrons. The van der Waals surface area contributed by atoms with Crippen LogP contribution in [0.15, 0.2) is 51.9 Å². The van der Waals surface area contributed by atoms with E-state index in [1.807, 2.05) is 0 Å². The van der Waals surface area contributed by atoms with E-state index in [0.29, 0.717) is 22.6 Å². The Labute approximate surface area is 152 Å². The van der Waals surface area contributed by atoms with Crippen LogP contribution in [-0.2, 0) is 0 Å². The van der Waals surface area contributed by atoms with Crippen molar-refractivity contribution in [3.8, 4) is 34.3 Å². The van der Waals surface area contributed by atoms with Crippen LogP contribution in [-0.4, -0.2) is 29.3 Å². The van der Waals surface area contributed by atoms with Crippen LogP contribution < -0.4 is 14.9 Å². The van der Waals surface area contributed by atoms with Crippen molar-refractivity contribution in [2.75, 3.05) is 14.2 Å². The predicted molar refractivity (Wildman–Crippen MR) is 96.4 cm³/mol. The Morgan fingerprint density at radius 2 is 1.93 bits per heavy atom. The number of halogens is 1. The van der Waals surface area contributed by atoms with E-state index in [1.54, 1.807) is 25.3 Å². The van der Waals surface area contributed by atoms with Crippen LogP contribution in [0.3, 0.4) is 0 Å². The number of hydrogen-bond donors (Lipinski definition) is 1. The first-order valence-corrected chi connectivity index (χ1v) is 7.98. The molecule has 0 saturated heterocycles. The first kappa shape index (κ1) is 16.8. The van der Waals surface area contributed by atoms with Crippen molar-refractivity contribution in [2.45, 2.75) is 0 Å². The highest BCUT2D eigenvalue weighted by atomic mass is 19.1. The molecule has 8 heteroatoms. The van der Waals surface area contributed by atoms with E-state index in [2.05, 4.69) is 15.1 Å². The van der Waals surface area contributed by atoms with Gasteiger partial charge in [0, 0.05) is 23.2 Å². The molecule has 0 saturated carbocycles. The number of benzene rings is 2. The van der Waals surface area contributed by atoms with E-state index >= 15 is 0 Å². The SMILES string of the molecule is COc1ccc(-c2noc(-c3c[nH]c4ccc(F)cc4c3=O)n2)c(OC)c1. The van der Waals surface area contributed by atoms with Crippen LogP contribution in [0, 0.1) is 5.82 Å². The molecule has 2 aromatic carbocycles. The molecule has 4 aromatic rings. The second-order valence-corrected chi connectivity index (χ2v) is 5.71. The first-order chi connectivity index (χ1) is 13.1. The molecule has 0 atom stereocenters. The number of H-pyrrole nitrogens is 1. The van der Waals surface area contributed by atoms with Crippen molar-refractivity contribution < 1.29 is 18.4 Å². The number of methoxy groups -OCH3 is 2. The van der Waals surface area contributed by atoms with E-state index in [9.17, 15) is 9.18 Å². The minimum absolute atomic E-state index is 0.0234. The summed E-state index contributed by atoms with van der Waals surface area (Å²) < 4.78 is 29.3. The number of fused-ring (bicyclic) bond motifs is 1. The average Bonchev–Trinajstić information content (AvgIpc) is 3.17. The molecular weight excluding hydrogens is 353 g/mol. The number of nitrogens with zero attached hydrogens (tertiary/aromatic N) is 2. The van der Waals surface area contributed by atoms with Crippen molar-refractivity contribution in [2.24, 2.45) is 0 Å². The number of hydrogen-bond acceptors (Lipinski definition) is 6. The van der Waals surface area contributed by atoms with Gasteiger partial charge in [0.25, 0.3) is 5.89 Å². The Kier molecular flexibility index (Phi) is 4.08. The molecule has 2 heterocycles. The summed E-state index contributed by atoms with van der Waals surface area (Å²) in [5.41, 5.74) is 0.845. The standard InChI is InChI=1S/C19H14FN3O4/c1-25-11-4-5-12(16(8-11)26-2)18-22-19(27-23-18)14-9-21-15-6-3-10(20)7-13(15)17(14)24/h3-9H,1-2H3,(H,21,24). The van der Waals surface area contributed by atoms with Gasteiger partial charge in [-0.25, -0.2) is 4.39 Å². The molecule has 0 radical (unpaired) electrons. The third-order valence-corrected chi connectivity index (χ3v) is 4.15. The van der Waals surface area contributed by atoms with Crippen molar-refractivity contribution in [3.63, 3.8) is 0 Å². The summed E-state index contributed by atoms with van der Waals surface area (Å²) >= 11 is 0. The lowest BCUT2D eigenvalue weighted by molar-refractivity contribution is 0.394. The van der Waals surface area contributed by atoms with Gasteiger partial charge < -0.3 is 19.0 Å². The summed E-state index contributed by atoms with van der Waals surface area (Å²) in [6.45, 7) is 0. The van der Waals surface area contributed by atoms with E-state index in [1.165, 1.54) is 31.5 Å². The Morgan fingerprint density at radius 1 is 1.07 bits per heavy atom. The molecule has 0 spiro atoms. The normalized spacial score (nSPS) is 10.9. The maximum absolute atomic E-state index is 13.5. The second kappa shape index (κ2) is 6.56. The van der Waals surface area contributed by atoms with Gasteiger partial charge in [0.2, 0.25) is 11.3 Å². The number of pyridine rings is 1. The average molecular weight is 367 g/mol. The molecule has 0 aliphatic rings. The quantitative estimate of drug-likeness (QED) is 0.595. The fraction of sp³-hybridized carbons (Fsp3) is 0.105.